The molecule has 0 radical (unpaired) electrons. The van der Waals surface area contributed by atoms with Crippen LogP contribution in [-0.2, 0) is 6.54 Å². The molecule has 140 valence electrons. The smallest absolute Gasteiger partial charge is 0.336 e. The summed E-state index contributed by atoms with van der Waals surface area (Å²) in [5.74, 6) is -0.168. The predicted molar refractivity (Wildman–Crippen MR) is 105 cm³/mol. The standard InChI is InChI=1S/C22H23FN2O2/c1-15-7-8-18-17(13-21(26)27-22(18)16(15)2)14-24-9-11-25(12-10-24)20-6-4-3-5-19(20)23/h3-8,13H,9-12,14H2,1-2H3/p+1. The summed E-state index contributed by atoms with van der Waals surface area (Å²) < 4.78 is 19.5. The first kappa shape index (κ1) is 17.7. The van der Waals surface area contributed by atoms with Crippen LogP contribution < -0.4 is 15.4 Å². The Morgan fingerprint density at radius 2 is 1.85 bits per heavy atom. The maximum absolute atomic E-state index is 14.0. The normalized spacial score (nSPS) is 15.4. The highest BCUT2D eigenvalue weighted by molar-refractivity contribution is 5.83. The molecule has 1 aliphatic heterocycles. The fourth-order valence-corrected chi connectivity index (χ4v) is 3.89. The Morgan fingerprint density at radius 1 is 1.11 bits per heavy atom. The van der Waals surface area contributed by atoms with Gasteiger partial charge in [-0.15, -0.1) is 0 Å². The first-order chi connectivity index (χ1) is 13.0. The Kier molecular flexibility index (Phi) is 4.70. The zero-order valence-corrected chi connectivity index (χ0v) is 15.7. The Bertz CT molecular complexity index is 1040. The second kappa shape index (κ2) is 7.16. The van der Waals surface area contributed by atoms with Crippen molar-refractivity contribution in [2.45, 2.75) is 20.4 Å². The van der Waals surface area contributed by atoms with Gasteiger partial charge in [-0.25, -0.2) is 9.18 Å². The molecule has 1 aromatic heterocycles. The molecule has 0 atom stereocenters. The van der Waals surface area contributed by atoms with Gasteiger partial charge in [-0.1, -0.05) is 24.3 Å². The number of halogens is 1. The highest BCUT2D eigenvalue weighted by Gasteiger charge is 2.23. The summed E-state index contributed by atoms with van der Waals surface area (Å²) in [6.45, 7) is 8.19. The lowest BCUT2D eigenvalue weighted by Gasteiger charge is -2.34. The molecule has 1 aliphatic rings. The van der Waals surface area contributed by atoms with Crippen LogP contribution in [0.1, 0.15) is 16.7 Å². The first-order valence-electron chi connectivity index (χ1n) is 9.39. The third-order valence-corrected chi connectivity index (χ3v) is 5.62. The molecule has 2 aromatic carbocycles. The van der Waals surface area contributed by atoms with Crippen molar-refractivity contribution >= 4 is 16.7 Å². The average Bonchev–Trinajstić information content (AvgIpc) is 2.66. The lowest BCUT2D eigenvalue weighted by molar-refractivity contribution is -0.914. The van der Waals surface area contributed by atoms with Crippen molar-refractivity contribution in [1.29, 1.82) is 0 Å². The van der Waals surface area contributed by atoms with E-state index in [9.17, 15) is 9.18 Å². The highest BCUT2D eigenvalue weighted by atomic mass is 19.1. The third kappa shape index (κ3) is 3.47. The van der Waals surface area contributed by atoms with Crippen molar-refractivity contribution in [2.75, 3.05) is 31.1 Å². The number of nitrogens with zero attached hydrogens (tertiary/aromatic N) is 1. The zero-order valence-electron chi connectivity index (χ0n) is 15.7. The molecule has 27 heavy (non-hydrogen) atoms. The van der Waals surface area contributed by atoms with E-state index in [0.29, 0.717) is 11.3 Å². The quantitative estimate of drug-likeness (QED) is 0.723. The maximum atomic E-state index is 14.0. The molecular weight excluding hydrogens is 343 g/mol. The fourth-order valence-electron chi connectivity index (χ4n) is 3.89. The number of aryl methyl sites for hydroxylation is 2. The van der Waals surface area contributed by atoms with Crippen LogP contribution in [0.2, 0.25) is 0 Å². The molecule has 0 amide bonds. The van der Waals surface area contributed by atoms with Crippen molar-refractivity contribution < 1.29 is 13.7 Å². The van der Waals surface area contributed by atoms with Crippen LogP contribution in [0, 0.1) is 19.7 Å². The minimum atomic E-state index is -0.296. The lowest BCUT2D eigenvalue weighted by Crippen LogP contribution is -3.13. The van der Waals surface area contributed by atoms with Crippen molar-refractivity contribution in [3.05, 3.63) is 75.4 Å². The van der Waals surface area contributed by atoms with Crippen LogP contribution in [0.5, 0.6) is 0 Å². The molecule has 4 nitrogen and oxygen atoms in total. The largest absolute Gasteiger partial charge is 0.422 e. The molecule has 5 heteroatoms. The Hall–Kier alpha value is -2.66. The Morgan fingerprint density at radius 3 is 2.59 bits per heavy atom. The number of fused-ring (bicyclic) bond motifs is 1. The topological polar surface area (TPSA) is 37.9 Å². The lowest BCUT2D eigenvalue weighted by atomic mass is 10.0. The van der Waals surface area contributed by atoms with Crippen molar-refractivity contribution in [2.24, 2.45) is 0 Å². The van der Waals surface area contributed by atoms with E-state index in [-0.39, 0.29) is 11.4 Å². The summed E-state index contributed by atoms with van der Waals surface area (Å²) in [5.41, 5.74) is 4.24. The van der Waals surface area contributed by atoms with Gasteiger partial charge < -0.3 is 14.2 Å². The van der Waals surface area contributed by atoms with E-state index in [2.05, 4.69) is 11.0 Å². The average molecular weight is 367 g/mol. The van der Waals surface area contributed by atoms with E-state index in [1.165, 1.54) is 11.0 Å². The van der Waals surface area contributed by atoms with Crippen LogP contribution in [0.15, 0.2) is 51.7 Å². The van der Waals surface area contributed by atoms with Crippen molar-refractivity contribution in [1.82, 2.24) is 0 Å². The molecule has 1 fully saturated rings. The number of para-hydroxylation sites is 1. The van der Waals surface area contributed by atoms with Gasteiger partial charge in [0.05, 0.1) is 31.9 Å². The van der Waals surface area contributed by atoms with Crippen LogP contribution in [0.3, 0.4) is 0 Å². The van der Waals surface area contributed by atoms with Gasteiger partial charge in [-0.2, -0.15) is 0 Å². The SMILES string of the molecule is Cc1ccc2c(C[NH+]3CCN(c4ccccc4F)CC3)cc(=O)oc2c1C. The van der Waals surface area contributed by atoms with Crippen molar-refractivity contribution in [3.8, 4) is 0 Å². The zero-order chi connectivity index (χ0) is 19.0. The van der Waals surface area contributed by atoms with Gasteiger partial charge in [0.15, 0.2) is 0 Å². The third-order valence-electron chi connectivity index (χ3n) is 5.62. The molecule has 1 saturated heterocycles. The van der Waals surface area contributed by atoms with Gasteiger partial charge in [-0.05, 0) is 37.1 Å². The van der Waals surface area contributed by atoms with Gasteiger partial charge in [0.2, 0.25) is 0 Å². The van der Waals surface area contributed by atoms with Gasteiger partial charge >= 0.3 is 5.63 Å². The molecular formula is C22H24FN2O2+. The number of nitrogens with one attached hydrogen (secondary N) is 1. The molecule has 0 spiro atoms. The van der Waals surface area contributed by atoms with E-state index in [4.69, 9.17) is 4.42 Å². The van der Waals surface area contributed by atoms with E-state index in [1.54, 1.807) is 12.1 Å². The van der Waals surface area contributed by atoms with E-state index in [1.807, 2.05) is 32.0 Å². The number of rotatable bonds is 3. The molecule has 0 aliphatic carbocycles. The van der Waals surface area contributed by atoms with Crippen molar-refractivity contribution in [3.63, 3.8) is 0 Å². The monoisotopic (exact) mass is 367 g/mol. The summed E-state index contributed by atoms with van der Waals surface area (Å²) in [5, 5.41) is 1.02. The fraction of sp³-hybridized carbons (Fsp3) is 0.318. The molecule has 1 N–H and O–H groups in total. The number of anilines is 1. The van der Waals surface area contributed by atoms with Gasteiger partial charge in [0.1, 0.15) is 17.9 Å². The van der Waals surface area contributed by atoms with E-state index < -0.39 is 0 Å². The summed E-state index contributed by atoms with van der Waals surface area (Å²) >= 11 is 0. The molecule has 2 heterocycles. The second-order valence-corrected chi connectivity index (χ2v) is 7.34. The van der Waals surface area contributed by atoms with Crippen LogP contribution in [0.25, 0.3) is 11.0 Å². The minimum Gasteiger partial charge on any atom is -0.422 e. The summed E-state index contributed by atoms with van der Waals surface area (Å²) in [6, 6.07) is 12.7. The predicted octanol–water partition coefficient (Wildman–Crippen LogP) is 2.45. The summed E-state index contributed by atoms with van der Waals surface area (Å²) in [7, 11) is 0. The van der Waals surface area contributed by atoms with Crippen LogP contribution >= 0.6 is 0 Å². The number of quaternary nitrogens is 1. The molecule has 4 rings (SSSR count). The Balaban J connectivity index is 1.54. The van der Waals surface area contributed by atoms with E-state index in [0.717, 1.165) is 54.8 Å². The van der Waals surface area contributed by atoms with E-state index >= 15 is 0 Å². The molecule has 0 saturated carbocycles. The maximum Gasteiger partial charge on any atom is 0.336 e. The second-order valence-electron chi connectivity index (χ2n) is 7.34. The summed E-state index contributed by atoms with van der Waals surface area (Å²) in [6.07, 6.45) is 0. The first-order valence-corrected chi connectivity index (χ1v) is 9.39. The Labute approximate surface area is 157 Å². The van der Waals surface area contributed by atoms with Gasteiger partial charge in [-0.3, -0.25) is 0 Å². The van der Waals surface area contributed by atoms with Gasteiger partial charge in [0, 0.05) is 17.0 Å². The number of hydrogen-bond acceptors (Lipinski definition) is 3. The highest BCUT2D eigenvalue weighted by Crippen LogP contribution is 2.23. The van der Waals surface area contributed by atoms with Crippen LogP contribution in [-0.4, -0.2) is 26.2 Å². The number of hydrogen-bond donors (Lipinski definition) is 1. The summed E-state index contributed by atoms with van der Waals surface area (Å²) in [4.78, 5) is 15.6. The number of benzene rings is 2. The molecule has 0 bridgehead atoms. The van der Waals surface area contributed by atoms with Gasteiger partial charge in [0.25, 0.3) is 0 Å². The number of piperazine rings is 1. The minimum absolute atomic E-state index is 0.168. The molecule has 0 unspecified atom stereocenters. The van der Waals surface area contributed by atoms with Crippen LogP contribution in [0.4, 0.5) is 10.1 Å². The molecule has 3 aromatic rings.